The summed E-state index contributed by atoms with van der Waals surface area (Å²) in [5, 5.41) is 12.9. The summed E-state index contributed by atoms with van der Waals surface area (Å²) in [6, 6.07) is 10.8. The molecule has 30 heavy (non-hydrogen) atoms. The summed E-state index contributed by atoms with van der Waals surface area (Å²) >= 11 is 0. The third kappa shape index (κ3) is 6.66. The van der Waals surface area contributed by atoms with Gasteiger partial charge in [0, 0.05) is 5.56 Å². The fourth-order valence-electron chi connectivity index (χ4n) is 3.92. The van der Waals surface area contributed by atoms with Crippen LogP contribution in [0.4, 0.5) is 4.39 Å². The molecule has 0 radical (unpaired) electrons. The molecule has 0 spiro atoms. The molecule has 0 bridgehead atoms. The van der Waals surface area contributed by atoms with Crippen LogP contribution in [0.15, 0.2) is 36.4 Å². The number of benzene rings is 2. The second-order valence-corrected chi connectivity index (χ2v) is 9.74. The lowest BCUT2D eigenvalue weighted by molar-refractivity contribution is -0.121. The van der Waals surface area contributed by atoms with E-state index in [1.807, 2.05) is 0 Å². The first-order chi connectivity index (χ1) is 14.0. The van der Waals surface area contributed by atoms with E-state index in [-0.39, 0.29) is 30.2 Å². The van der Waals surface area contributed by atoms with Crippen molar-refractivity contribution in [1.82, 2.24) is 5.32 Å². The van der Waals surface area contributed by atoms with Gasteiger partial charge in [0.05, 0.1) is 19.1 Å². The molecule has 0 unspecified atom stereocenters. The SMILES string of the molecule is Cc1cccc(F)c1CC(=O)N[C@@H](CO)Cc1c(CC(C)(C)C)cccc1C(C)C. The van der Waals surface area contributed by atoms with E-state index in [1.54, 1.807) is 19.1 Å². The third-order valence-corrected chi connectivity index (χ3v) is 5.38. The Kier molecular flexibility index (Phi) is 8.19. The molecule has 0 aromatic heterocycles. The van der Waals surface area contributed by atoms with Crippen molar-refractivity contribution in [1.29, 1.82) is 0 Å². The first-order valence-corrected chi connectivity index (χ1v) is 10.8. The number of amides is 1. The maximum Gasteiger partial charge on any atom is 0.224 e. The normalized spacial score (nSPS) is 12.8. The van der Waals surface area contributed by atoms with Crippen molar-refractivity contribution in [3.05, 3.63) is 70.0 Å². The summed E-state index contributed by atoms with van der Waals surface area (Å²) in [4.78, 5) is 12.6. The lowest BCUT2D eigenvalue weighted by Crippen LogP contribution is -2.40. The highest BCUT2D eigenvalue weighted by Crippen LogP contribution is 2.29. The first-order valence-electron chi connectivity index (χ1n) is 10.8. The van der Waals surface area contributed by atoms with Crippen LogP contribution in [0, 0.1) is 18.2 Å². The summed E-state index contributed by atoms with van der Waals surface area (Å²) in [7, 11) is 0. The highest BCUT2D eigenvalue weighted by molar-refractivity contribution is 5.79. The van der Waals surface area contributed by atoms with Gasteiger partial charge in [0.25, 0.3) is 0 Å². The minimum Gasteiger partial charge on any atom is -0.394 e. The molecule has 0 saturated carbocycles. The molecule has 0 aliphatic rings. The van der Waals surface area contributed by atoms with Gasteiger partial charge >= 0.3 is 0 Å². The summed E-state index contributed by atoms with van der Waals surface area (Å²) in [6.07, 6.45) is 1.44. The zero-order valence-corrected chi connectivity index (χ0v) is 19.2. The Morgan fingerprint density at radius 3 is 2.33 bits per heavy atom. The predicted octanol–water partition coefficient (Wildman–Crippen LogP) is 5.11. The fourth-order valence-corrected chi connectivity index (χ4v) is 3.92. The van der Waals surface area contributed by atoms with Gasteiger partial charge in [0.1, 0.15) is 5.82 Å². The third-order valence-electron chi connectivity index (χ3n) is 5.38. The molecular formula is C26H36FNO2. The van der Waals surface area contributed by atoms with Crippen molar-refractivity contribution in [3.63, 3.8) is 0 Å². The van der Waals surface area contributed by atoms with Crippen molar-refractivity contribution in [2.75, 3.05) is 6.61 Å². The maximum absolute atomic E-state index is 14.1. The van der Waals surface area contributed by atoms with Gasteiger partial charge in [-0.05, 0) is 59.4 Å². The largest absolute Gasteiger partial charge is 0.394 e. The van der Waals surface area contributed by atoms with Crippen LogP contribution in [-0.4, -0.2) is 23.7 Å². The van der Waals surface area contributed by atoms with Gasteiger partial charge < -0.3 is 10.4 Å². The number of hydrogen-bond acceptors (Lipinski definition) is 2. The number of nitrogens with one attached hydrogen (secondary N) is 1. The Morgan fingerprint density at radius 1 is 1.10 bits per heavy atom. The quantitative estimate of drug-likeness (QED) is 0.632. The van der Waals surface area contributed by atoms with Crippen molar-refractivity contribution >= 4 is 5.91 Å². The number of aliphatic hydroxyl groups excluding tert-OH is 1. The van der Waals surface area contributed by atoms with Crippen LogP contribution in [0.1, 0.15) is 68.4 Å². The van der Waals surface area contributed by atoms with Crippen molar-refractivity contribution < 1.29 is 14.3 Å². The van der Waals surface area contributed by atoms with Crippen molar-refractivity contribution in [3.8, 4) is 0 Å². The standard InChI is InChI=1S/C26H36FNO2/c1-17(2)21-11-8-10-19(15-26(4,5)6)23(21)13-20(16-29)28-25(30)14-22-18(3)9-7-12-24(22)27/h7-12,17,20,29H,13-16H2,1-6H3,(H,28,30)/t20-/m1/s1. The van der Waals surface area contributed by atoms with Crippen LogP contribution in [-0.2, 0) is 24.1 Å². The monoisotopic (exact) mass is 413 g/mol. The molecule has 3 nitrogen and oxygen atoms in total. The average Bonchev–Trinajstić information content (AvgIpc) is 2.64. The summed E-state index contributed by atoms with van der Waals surface area (Å²) in [6.45, 7) is 12.6. The fraction of sp³-hybridized carbons (Fsp3) is 0.500. The van der Waals surface area contributed by atoms with E-state index in [1.165, 1.54) is 22.8 Å². The molecular weight excluding hydrogens is 377 g/mol. The van der Waals surface area contributed by atoms with E-state index in [4.69, 9.17) is 0 Å². The molecule has 0 saturated heterocycles. The van der Waals surface area contributed by atoms with E-state index >= 15 is 0 Å². The minimum absolute atomic E-state index is 0.0321. The van der Waals surface area contributed by atoms with Crippen LogP contribution in [0.3, 0.4) is 0 Å². The van der Waals surface area contributed by atoms with Gasteiger partial charge in [0.15, 0.2) is 0 Å². The highest BCUT2D eigenvalue weighted by atomic mass is 19.1. The van der Waals surface area contributed by atoms with Gasteiger partial charge in [-0.25, -0.2) is 4.39 Å². The van der Waals surface area contributed by atoms with Gasteiger partial charge in [-0.15, -0.1) is 0 Å². The number of rotatable bonds is 8. The van der Waals surface area contributed by atoms with Crippen LogP contribution in [0.2, 0.25) is 0 Å². The first kappa shape index (κ1) is 24.1. The summed E-state index contributed by atoms with van der Waals surface area (Å²) in [5.41, 5.74) is 4.99. The van der Waals surface area contributed by atoms with Gasteiger partial charge in [0.2, 0.25) is 5.91 Å². The van der Waals surface area contributed by atoms with E-state index in [0.717, 1.165) is 12.0 Å². The number of carbonyl (C=O) groups excluding carboxylic acids is 1. The Morgan fingerprint density at radius 2 is 1.77 bits per heavy atom. The summed E-state index contributed by atoms with van der Waals surface area (Å²) < 4.78 is 14.1. The minimum atomic E-state index is -0.414. The zero-order chi connectivity index (χ0) is 22.5. The molecule has 2 aromatic carbocycles. The van der Waals surface area contributed by atoms with Crippen LogP contribution in [0.25, 0.3) is 0 Å². The lowest BCUT2D eigenvalue weighted by Gasteiger charge is -2.26. The molecule has 2 aromatic rings. The van der Waals surface area contributed by atoms with Crippen LogP contribution < -0.4 is 5.32 Å². The molecule has 1 atom stereocenters. The Balaban J connectivity index is 2.23. The second-order valence-electron chi connectivity index (χ2n) is 9.74. The topological polar surface area (TPSA) is 49.3 Å². The Labute approximate surface area is 180 Å². The van der Waals surface area contributed by atoms with E-state index in [0.29, 0.717) is 17.9 Å². The van der Waals surface area contributed by atoms with E-state index in [9.17, 15) is 14.3 Å². The molecule has 0 fully saturated rings. The molecule has 4 heteroatoms. The highest BCUT2D eigenvalue weighted by Gasteiger charge is 2.21. The number of hydrogen-bond donors (Lipinski definition) is 2. The smallest absolute Gasteiger partial charge is 0.224 e. The molecule has 2 N–H and O–H groups in total. The van der Waals surface area contributed by atoms with Crippen LogP contribution >= 0.6 is 0 Å². The van der Waals surface area contributed by atoms with E-state index < -0.39 is 6.04 Å². The lowest BCUT2D eigenvalue weighted by atomic mass is 9.82. The van der Waals surface area contributed by atoms with Gasteiger partial charge in [-0.3, -0.25) is 4.79 Å². The molecule has 1 amide bonds. The Hall–Kier alpha value is -2.20. The molecule has 0 heterocycles. The number of aryl methyl sites for hydroxylation is 1. The number of aliphatic hydroxyl groups is 1. The predicted molar refractivity (Wildman–Crippen MR) is 121 cm³/mol. The Bertz CT molecular complexity index is 848. The summed E-state index contributed by atoms with van der Waals surface area (Å²) in [5.74, 6) is -0.305. The average molecular weight is 414 g/mol. The van der Waals surface area contributed by atoms with Gasteiger partial charge in [-0.2, -0.15) is 0 Å². The molecule has 2 rings (SSSR count). The van der Waals surface area contributed by atoms with Crippen molar-refractivity contribution in [2.45, 2.75) is 72.8 Å². The second kappa shape index (κ2) is 10.2. The van der Waals surface area contributed by atoms with Gasteiger partial charge in [-0.1, -0.05) is 65.0 Å². The molecule has 0 aliphatic carbocycles. The number of halogens is 1. The van der Waals surface area contributed by atoms with Crippen molar-refractivity contribution in [2.24, 2.45) is 5.41 Å². The molecule has 0 aliphatic heterocycles. The zero-order valence-electron chi connectivity index (χ0n) is 19.2. The van der Waals surface area contributed by atoms with Crippen LogP contribution in [0.5, 0.6) is 0 Å². The van der Waals surface area contributed by atoms with E-state index in [2.05, 4.69) is 58.1 Å². The maximum atomic E-state index is 14.1. The number of carbonyl (C=O) groups is 1. The molecule has 164 valence electrons.